The van der Waals surface area contributed by atoms with Gasteiger partial charge in [0.05, 0.1) is 24.6 Å². The average Bonchev–Trinajstić information content (AvgIpc) is 2.90. The molecule has 0 spiro atoms. The second-order valence-electron chi connectivity index (χ2n) is 8.54. The highest BCUT2D eigenvalue weighted by molar-refractivity contribution is 5.86. The summed E-state index contributed by atoms with van der Waals surface area (Å²) in [5, 5.41) is 15.5. The first-order valence-corrected chi connectivity index (χ1v) is 12.1. The lowest BCUT2D eigenvalue weighted by atomic mass is 9.98. The predicted octanol–water partition coefficient (Wildman–Crippen LogP) is 3.66. The zero-order valence-corrected chi connectivity index (χ0v) is 20.6. The maximum absolute atomic E-state index is 13.2. The number of amides is 2. The van der Waals surface area contributed by atoms with E-state index in [1.807, 2.05) is 60.7 Å². The van der Waals surface area contributed by atoms with Crippen LogP contribution in [0.1, 0.15) is 42.9 Å². The Bertz CT molecular complexity index is 978. The average molecular weight is 493 g/mol. The predicted molar refractivity (Wildman–Crippen MR) is 140 cm³/mol. The topological polar surface area (TPSA) is 105 Å². The summed E-state index contributed by atoms with van der Waals surface area (Å²) in [6.45, 7) is 7.08. The molecule has 0 heterocycles. The number of ether oxygens (including phenoxy) is 1. The van der Waals surface area contributed by atoms with Gasteiger partial charge in [0.15, 0.2) is 0 Å². The fraction of sp³-hybridized carbons (Fsp3) is 0.345. The Labute approximate surface area is 213 Å². The Morgan fingerprint density at radius 3 is 2.22 bits per heavy atom. The van der Waals surface area contributed by atoms with Crippen LogP contribution in [0.2, 0.25) is 0 Å². The highest BCUT2D eigenvalue weighted by Gasteiger charge is 2.25. The van der Waals surface area contributed by atoms with Gasteiger partial charge in [-0.1, -0.05) is 72.8 Å². The third-order valence-electron chi connectivity index (χ3n) is 5.65. The van der Waals surface area contributed by atoms with Gasteiger partial charge in [-0.15, -0.1) is 13.2 Å². The molecule has 36 heavy (non-hydrogen) atoms. The summed E-state index contributed by atoms with van der Waals surface area (Å²) < 4.78 is 5.38. The number of hydrogen-bond acceptors (Lipinski definition) is 5. The van der Waals surface area contributed by atoms with Crippen molar-refractivity contribution in [2.75, 3.05) is 13.2 Å². The molecule has 2 amide bonds. The molecule has 0 aliphatic rings. The molecule has 7 nitrogen and oxygen atoms in total. The van der Waals surface area contributed by atoms with Gasteiger partial charge in [-0.05, 0) is 30.4 Å². The van der Waals surface area contributed by atoms with Gasteiger partial charge >= 0.3 is 5.97 Å². The van der Waals surface area contributed by atoms with E-state index in [9.17, 15) is 19.5 Å². The number of benzene rings is 2. The zero-order valence-electron chi connectivity index (χ0n) is 20.6. The lowest BCUT2D eigenvalue weighted by molar-refractivity contribution is -0.145. The SMILES string of the molecule is C=CCCC(=O)OC[C@@H](NC(=O)[C@H](CC=C)CC(=O)N[C@@H](CO)Cc1ccccc1)c1ccccc1. The van der Waals surface area contributed by atoms with Crippen LogP contribution < -0.4 is 10.6 Å². The Morgan fingerprint density at radius 2 is 1.61 bits per heavy atom. The van der Waals surface area contributed by atoms with Crippen LogP contribution in [-0.4, -0.2) is 42.1 Å². The maximum atomic E-state index is 13.2. The minimum atomic E-state index is -0.666. The van der Waals surface area contributed by atoms with Gasteiger partial charge < -0.3 is 20.5 Å². The quantitative estimate of drug-likeness (QED) is 0.245. The normalized spacial score (nSPS) is 13.0. The zero-order chi connectivity index (χ0) is 26.2. The third-order valence-corrected chi connectivity index (χ3v) is 5.65. The Hall–Kier alpha value is -3.71. The first-order chi connectivity index (χ1) is 17.5. The number of esters is 1. The van der Waals surface area contributed by atoms with Crippen LogP contribution >= 0.6 is 0 Å². The summed E-state index contributed by atoms with van der Waals surface area (Å²) in [4.78, 5) is 37.9. The van der Waals surface area contributed by atoms with Crippen molar-refractivity contribution in [2.24, 2.45) is 5.92 Å². The summed E-state index contributed by atoms with van der Waals surface area (Å²) >= 11 is 0. The Morgan fingerprint density at radius 1 is 0.944 bits per heavy atom. The van der Waals surface area contributed by atoms with Crippen LogP contribution in [0.15, 0.2) is 86.0 Å². The number of aliphatic hydroxyl groups excluding tert-OH is 1. The summed E-state index contributed by atoms with van der Waals surface area (Å²) in [6, 6.07) is 17.7. The van der Waals surface area contributed by atoms with E-state index in [4.69, 9.17) is 4.74 Å². The van der Waals surface area contributed by atoms with Crippen molar-refractivity contribution in [3.8, 4) is 0 Å². The minimum absolute atomic E-state index is 0.0254. The molecule has 0 aromatic heterocycles. The number of allylic oxidation sites excluding steroid dienone is 2. The van der Waals surface area contributed by atoms with E-state index < -0.39 is 18.0 Å². The largest absolute Gasteiger partial charge is 0.463 e. The van der Waals surface area contributed by atoms with Gasteiger partial charge in [-0.2, -0.15) is 0 Å². The van der Waals surface area contributed by atoms with Gasteiger partial charge in [0.1, 0.15) is 6.61 Å². The molecule has 2 aromatic carbocycles. The van der Waals surface area contributed by atoms with Crippen LogP contribution in [0.5, 0.6) is 0 Å². The molecule has 0 unspecified atom stereocenters. The van der Waals surface area contributed by atoms with Gasteiger partial charge in [0.2, 0.25) is 11.8 Å². The van der Waals surface area contributed by atoms with E-state index in [-0.39, 0.29) is 43.8 Å². The van der Waals surface area contributed by atoms with Crippen molar-refractivity contribution >= 4 is 17.8 Å². The highest BCUT2D eigenvalue weighted by Crippen LogP contribution is 2.17. The minimum Gasteiger partial charge on any atom is -0.463 e. The van der Waals surface area contributed by atoms with Gasteiger partial charge in [0, 0.05) is 12.8 Å². The molecular formula is C29H36N2O5. The Balaban J connectivity index is 2.02. The van der Waals surface area contributed by atoms with Crippen molar-refractivity contribution in [3.05, 3.63) is 97.1 Å². The molecule has 0 saturated carbocycles. The molecule has 2 rings (SSSR count). The molecule has 0 bridgehead atoms. The lowest BCUT2D eigenvalue weighted by Gasteiger charge is -2.23. The standard InChI is InChI=1S/C29H36N2O5/c1-3-5-17-28(34)36-21-26(23-15-10-7-11-16-23)31-29(35)24(12-4-2)19-27(33)30-25(20-32)18-22-13-8-6-9-14-22/h3-4,6-11,13-16,24-26,32H,1-2,5,12,17-21H2,(H,30,33)(H,31,35)/t24-,25-,26-/m1/s1. The molecule has 192 valence electrons. The fourth-order valence-corrected chi connectivity index (χ4v) is 3.72. The van der Waals surface area contributed by atoms with E-state index in [1.54, 1.807) is 12.2 Å². The molecule has 3 atom stereocenters. The van der Waals surface area contributed by atoms with E-state index in [2.05, 4.69) is 23.8 Å². The fourth-order valence-electron chi connectivity index (χ4n) is 3.72. The van der Waals surface area contributed by atoms with Crippen LogP contribution in [0.3, 0.4) is 0 Å². The maximum Gasteiger partial charge on any atom is 0.306 e. The summed E-state index contributed by atoms with van der Waals surface area (Å²) in [7, 11) is 0. The second-order valence-corrected chi connectivity index (χ2v) is 8.54. The number of rotatable bonds is 16. The summed E-state index contributed by atoms with van der Waals surface area (Å²) in [6.07, 6.45) is 4.67. The van der Waals surface area contributed by atoms with E-state index in [0.717, 1.165) is 11.1 Å². The number of aliphatic hydroxyl groups is 1. The van der Waals surface area contributed by atoms with E-state index in [1.165, 1.54) is 0 Å². The number of carbonyl (C=O) groups is 3. The number of hydrogen-bond donors (Lipinski definition) is 3. The van der Waals surface area contributed by atoms with Gasteiger partial charge in [-0.25, -0.2) is 0 Å². The third kappa shape index (κ3) is 10.3. The molecule has 7 heteroatoms. The first-order valence-electron chi connectivity index (χ1n) is 12.1. The van der Waals surface area contributed by atoms with E-state index in [0.29, 0.717) is 19.3 Å². The van der Waals surface area contributed by atoms with Crippen LogP contribution in [0, 0.1) is 5.92 Å². The van der Waals surface area contributed by atoms with Crippen LogP contribution in [-0.2, 0) is 25.5 Å². The van der Waals surface area contributed by atoms with Gasteiger partial charge in [-0.3, -0.25) is 14.4 Å². The molecule has 0 aliphatic carbocycles. The molecular weight excluding hydrogens is 456 g/mol. The smallest absolute Gasteiger partial charge is 0.306 e. The van der Waals surface area contributed by atoms with Crippen molar-refractivity contribution < 1.29 is 24.2 Å². The van der Waals surface area contributed by atoms with Crippen molar-refractivity contribution in [1.29, 1.82) is 0 Å². The molecule has 2 aromatic rings. The number of carbonyl (C=O) groups excluding carboxylic acids is 3. The summed E-state index contributed by atoms with van der Waals surface area (Å²) in [5.74, 6) is -1.72. The second kappa shape index (κ2) is 16.1. The van der Waals surface area contributed by atoms with E-state index >= 15 is 0 Å². The van der Waals surface area contributed by atoms with Crippen LogP contribution in [0.4, 0.5) is 0 Å². The Kier molecular flexibility index (Phi) is 12.7. The summed E-state index contributed by atoms with van der Waals surface area (Å²) in [5.41, 5.74) is 1.78. The molecule has 0 fully saturated rings. The molecule has 0 aliphatic heterocycles. The molecule has 0 saturated heterocycles. The first kappa shape index (κ1) is 28.5. The van der Waals surface area contributed by atoms with Crippen LogP contribution in [0.25, 0.3) is 0 Å². The molecule has 0 radical (unpaired) electrons. The lowest BCUT2D eigenvalue weighted by Crippen LogP contribution is -2.42. The monoisotopic (exact) mass is 492 g/mol. The number of nitrogens with one attached hydrogen (secondary N) is 2. The van der Waals surface area contributed by atoms with Crippen molar-refractivity contribution in [2.45, 2.75) is 44.2 Å². The van der Waals surface area contributed by atoms with Crippen molar-refractivity contribution in [1.82, 2.24) is 10.6 Å². The molecule has 3 N–H and O–H groups in total. The van der Waals surface area contributed by atoms with Crippen molar-refractivity contribution in [3.63, 3.8) is 0 Å². The highest BCUT2D eigenvalue weighted by atomic mass is 16.5. The van der Waals surface area contributed by atoms with Gasteiger partial charge in [0.25, 0.3) is 0 Å².